The predicted octanol–water partition coefficient (Wildman–Crippen LogP) is 2.25. The second kappa shape index (κ2) is 6.38. The lowest BCUT2D eigenvalue weighted by Gasteiger charge is -2.33. The molecular weight excluding hydrogens is 329 g/mol. The van der Waals surface area contributed by atoms with Gasteiger partial charge in [-0.25, -0.2) is 0 Å². The van der Waals surface area contributed by atoms with Gasteiger partial charge in [-0.3, -0.25) is 14.5 Å². The van der Waals surface area contributed by atoms with Crippen molar-refractivity contribution in [2.45, 2.75) is 20.4 Å². The first-order chi connectivity index (χ1) is 12.5. The van der Waals surface area contributed by atoms with Crippen molar-refractivity contribution in [1.29, 1.82) is 0 Å². The third-order valence-corrected chi connectivity index (χ3v) is 4.77. The molecule has 26 heavy (non-hydrogen) atoms. The van der Waals surface area contributed by atoms with E-state index in [0.717, 1.165) is 11.0 Å². The second-order valence-corrected chi connectivity index (χ2v) is 7.56. The molecular formula is C20H20BNO4. The summed E-state index contributed by atoms with van der Waals surface area (Å²) in [6, 6.07) is 14.6. The number of rotatable bonds is 3. The summed E-state index contributed by atoms with van der Waals surface area (Å²) in [7, 11) is -0.477. The van der Waals surface area contributed by atoms with E-state index >= 15 is 0 Å². The summed E-state index contributed by atoms with van der Waals surface area (Å²) in [4.78, 5) is 26.5. The fourth-order valence-electron chi connectivity index (χ4n) is 3.33. The number of hydrogen-bond donors (Lipinski definition) is 0. The smallest absolute Gasteiger partial charge is 0.407 e. The van der Waals surface area contributed by atoms with Gasteiger partial charge in [0, 0.05) is 18.6 Å². The normalized spacial score (nSPS) is 19.0. The van der Waals surface area contributed by atoms with Crippen LogP contribution in [0, 0.1) is 5.41 Å². The zero-order valence-electron chi connectivity index (χ0n) is 14.9. The van der Waals surface area contributed by atoms with Crippen LogP contribution in [-0.4, -0.2) is 37.0 Å². The van der Waals surface area contributed by atoms with Crippen LogP contribution in [0.2, 0.25) is 0 Å². The number of carbonyl (C=O) groups excluding carboxylic acids is 2. The molecule has 4 rings (SSSR count). The summed E-state index contributed by atoms with van der Waals surface area (Å²) < 4.78 is 11.8. The Kier molecular flexibility index (Phi) is 4.17. The molecule has 0 unspecified atom stereocenters. The van der Waals surface area contributed by atoms with Crippen LogP contribution in [0.5, 0.6) is 0 Å². The van der Waals surface area contributed by atoms with Crippen LogP contribution >= 0.6 is 0 Å². The first-order valence-electron chi connectivity index (χ1n) is 8.72. The molecule has 6 heteroatoms. The van der Waals surface area contributed by atoms with Crippen molar-refractivity contribution in [3.05, 3.63) is 65.2 Å². The summed E-state index contributed by atoms with van der Waals surface area (Å²) in [5, 5.41) is 0. The summed E-state index contributed by atoms with van der Waals surface area (Å²) in [6.45, 7) is 5.58. The highest BCUT2D eigenvalue weighted by Crippen LogP contribution is 2.25. The van der Waals surface area contributed by atoms with Gasteiger partial charge in [0.05, 0.1) is 17.7 Å². The van der Waals surface area contributed by atoms with Crippen molar-refractivity contribution in [2.24, 2.45) is 5.41 Å². The van der Waals surface area contributed by atoms with E-state index in [9.17, 15) is 9.59 Å². The lowest BCUT2D eigenvalue weighted by molar-refractivity contribution is 0.0341. The fourth-order valence-corrected chi connectivity index (χ4v) is 3.33. The number of imide groups is 1. The van der Waals surface area contributed by atoms with E-state index < -0.39 is 7.12 Å². The molecule has 0 radical (unpaired) electrons. The van der Waals surface area contributed by atoms with E-state index in [1.54, 1.807) is 24.3 Å². The third-order valence-electron chi connectivity index (χ3n) is 4.77. The topological polar surface area (TPSA) is 55.8 Å². The van der Waals surface area contributed by atoms with Gasteiger partial charge < -0.3 is 9.31 Å². The molecule has 2 aliphatic rings. The molecule has 0 aromatic heterocycles. The highest BCUT2D eigenvalue weighted by atomic mass is 16.6. The molecule has 0 aliphatic carbocycles. The molecule has 132 valence electrons. The Bertz CT molecular complexity index is 835. The number of carbonyl (C=O) groups is 2. The number of benzene rings is 2. The summed E-state index contributed by atoms with van der Waals surface area (Å²) in [6.07, 6.45) is 0. The average Bonchev–Trinajstić information content (AvgIpc) is 2.88. The standard InChI is InChI=1S/C20H20BNO4/c1-20(2)12-25-21(26-13-20)17-10-6-3-7-14(17)11-22-18(23)15-8-4-5-9-16(15)19(22)24/h3-10H,11-13H2,1-2H3. The van der Waals surface area contributed by atoms with Crippen molar-refractivity contribution in [3.8, 4) is 0 Å². The van der Waals surface area contributed by atoms with Gasteiger partial charge in [-0.2, -0.15) is 0 Å². The van der Waals surface area contributed by atoms with Gasteiger partial charge in [0.25, 0.3) is 11.8 Å². The molecule has 1 fully saturated rings. The Labute approximate surface area is 153 Å². The van der Waals surface area contributed by atoms with Crippen molar-refractivity contribution >= 4 is 24.4 Å². The zero-order chi connectivity index (χ0) is 18.3. The van der Waals surface area contributed by atoms with E-state index in [1.807, 2.05) is 24.3 Å². The van der Waals surface area contributed by atoms with Crippen molar-refractivity contribution in [1.82, 2.24) is 4.90 Å². The fraction of sp³-hybridized carbons (Fsp3) is 0.300. The lowest BCUT2D eigenvalue weighted by Crippen LogP contribution is -2.49. The molecule has 1 saturated heterocycles. The van der Waals surface area contributed by atoms with Crippen LogP contribution in [0.3, 0.4) is 0 Å². The number of nitrogens with zero attached hydrogens (tertiary/aromatic N) is 1. The Morgan fingerprint density at radius 2 is 1.46 bits per heavy atom. The van der Waals surface area contributed by atoms with Gasteiger partial charge in [0.1, 0.15) is 0 Å². The SMILES string of the molecule is CC1(C)COB(c2ccccc2CN2C(=O)c3ccccc3C2=O)OC1. The summed E-state index contributed by atoms with van der Waals surface area (Å²) in [5.41, 5.74) is 2.61. The highest BCUT2D eigenvalue weighted by molar-refractivity contribution is 6.62. The van der Waals surface area contributed by atoms with Gasteiger partial charge in [-0.1, -0.05) is 50.2 Å². The van der Waals surface area contributed by atoms with E-state index in [2.05, 4.69) is 13.8 Å². The van der Waals surface area contributed by atoms with E-state index in [1.165, 1.54) is 4.90 Å². The minimum atomic E-state index is -0.477. The number of amides is 2. The van der Waals surface area contributed by atoms with Crippen LogP contribution in [-0.2, 0) is 15.9 Å². The molecule has 0 N–H and O–H groups in total. The van der Waals surface area contributed by atoms with Gasteiger partial charge in [-0.15, -0.1) is 0 Å². The van der Waals surface area contributed by atoms with Gasteiger partial charge in [-0.05, 0) is 23.2 Å². The minimum absolute atomic E-state index is 0.0199. The van der Waals surface area contributed by atoms with Gasteiger partial charge >= 0.3 is 7.12 Å². The first-order valence-corrected chi connectivity index (χ1v) is 8.72. The molecule has 0 bridgehead atoms. The summed E-state index contributed by atoms with van der Waals surface area (Å²) in [5.74, 6) is -0.515. The maximum Gasteiger partial charge on any atom is 0.494 e. The van der Waals surface area contributed by atoms with Crippen LogP contribution in [0.15, 0.2) is 48.5 Å². The molecule has 2 aliphatic heterocycles. The zero-order valence-corrected chi connectivity index (χ0v) is 14.9. The Balaban J connectivity index is 1.59. The molecule has 2 amide bonds. The number of fused-ring (bicyclic) bond motifs is 1. The van der Waals surface area contributed by atoms with Crippen molar-refractivity contribution < 1.29 is 18.9 Å². The predicted molar refractivity (Wildman–Crippen MR) is 98.2 cm³/mol. The van der Waals surface area contributed by atoms with Gasteiger partial charge in [0.2, 0.25) is 0 Å². The molecule has 2 heterocycles. The van der Waals surface area contributed by atoms with E-state index in [4.69, 9.17) is 9.31 Å². The summed E-state index contributed by atoms with van der Waals surface area (Å²) >= 11 is 0. The average molecular weight is 349 g/mol. The Morgan fingerprint density at radius 1 is 0.923 bits per heavy atom. The van der Waals surface area contributed by atoms with Crippen LogP contribution < -0.4 is 5.46 Å². The largest absolute Gasteiger partial charge is 0.494 e. The molecule has 0 spiro atoms. The van der Waals surface area contributed by atoms with Crippen molar-refractivity contribution in [2.75, 3.05) is 13.2 Å². The quantitative estimate of drug-likeness (QED) is 0.630. The van der Waals surface area contributed by atoms with E-state index in [0.29, 0.717) is 24.3 Å². The van der Waals surface area contributed by atoms with Crippen LogP contribution in [0.4, 0.5) is 0 Å². The Hall–Kier alpha value is -2.44. The first kappa shape index (κ1) is 17.0. The molecule has 0 atom stereocenters. The van der Waals surface area contributed by atoms with Crippen LogP contribution in [0.25, 0.3) is 0 Å². The van der Waals surface area contributed by atoms with Crippen LogP contribution in [0.1, 0.15) is 40.1 Å². The highest BCUT2D eigenvalue weighted by Gasteiger charge is 2.38. The third kappa shape index (κ3) is 2.95. The minimum Gasteiger partial charge on any atom is -0.407 e. The lowest BCUT2D eigenvalue weighted by atomic mass is 9.73. The van der Waals surface area contributed by atoms with Gasteiger partial charge in [0.15, 0.2) is 0 Å². The monoisotopic (exact) mass is 349 g/mol. The Morgan fingerprint density at radius 3 is 2.08 bits per heavy atom. The second-order valence-electron chi connectivity index (χ2n) is 7.56. The maximum atomic E-state index is 12.6. The molecule has 5 nitrogen and oxygen atoms in total. The maximum absolute atomic E-state index is 12.6. The molecule has 2 aromatic carbocycles. The molecule has 0 saturated carbocycles. The van der Waals surface area contributed by atoms with Crippen molar-refractivity contribution in [3.63, 3.8) is 0 Å². The molecule has 2 aromatic rings. The van der Waals surface area contributed by atoms with E-state index in [-0.39, 0.29) is 23.8 Å². The number of hydrogen-bond acceptors (Lipinski definition) is 4.